The quantitative estimate of drug-likeness (QED) is 0.497. The van der Waals surface area contributed by atoms with Crippen LogP contribution >= 0.6 is 0 Å². The third-order valence-corrected chi connectivity index (χ3v) is 1.78. The van der Waals surface area contributed by atoms with E-state index < -0.39 is 0 Å². The van der Waals surface area contributed by atoms with Crippen LogP contribution in [0.1, 0.15) is 6.42 Å². The van der Waals surface area contributed by atoms with Crippen LogP contribution in [0.5, 0.6) is 0 Å². The van der Waals surface area contributed by atoms with Crippen LogP contribution in [0.4, 0.5) is 0 Å². The Hall–Kier alpha value is -0.120. The summed E-state index contributed by atoms with van der Waals surface area (Å²) in [5, 5.41) is 8.73. The van der Waals surface area contributed by atoms with E-state index in [2.05, 4.69) is 0 Å². The van der Waals surface area contributed by atoms with E-state index in [1.807, 2.05) is 0 Å². The highest BCUT2D eigenvalue weighted by Crippen LogP contribution is 2.11. The maximum atomic E-state index is 8.73. The fraction of sp³-hybridized carbons (Fsp3) is 1.00. The number of hydrogen-bond donors (Lipinski definition) is 2. The van der Waals surface area contributed by atoms with Gasteiger partial charge in [0.1, 0.15) is 0 Å². The molecule has 0 aromatic carbocycles. The monoisotopic (exact) mass is 131 g/mol. The first-order valence-electron chi connectivity index (χ1n) is 3.28. The van der Waals surface area contributed by atoms with Gasteiger partial charge in [0.15, 0.2) is 0 Å². The molecule has 0 spiro atoms. The molecule has 1 fully saturated rings. The smallest absolute Gasteiger partial charge is 0.0621 e. The number of ether oxygens (including phenoxy) is 1. The fourth-order valence-corrected chi connectivity index (χ4v) is 1.03. The van der Waals surface area contributed by atoms with Gasteiger partial charge in [-0.3, -0.25) is 0 Å². The zero-order valence-electron chi connectivity index (χ0n) is 5.42. The summed E-state index contributed by atoms with van der Waals surface area (Å²) in [7, 11) is 0. The van der Waals surface area contributed by atoms with Crippen LogP contribution in [-0.2, 0) is 4.74 Å². The molecule has 3 nitrogen and oxygen atoms in total. The Balaban J connectivity index is 2.30. The Labute approximate surface area is 54.8 Å². The van der Waals surface area contributed by atoms with E-state index in [0.717, 1.165) is 13.0 Å². The average molecular weight is 131 g/mol. The average Bonchev–Trinajstić information content (AvgIpc) is 1.89. The van der Waals surface area contributed by atoms with Crippen LogP contribution in [0.2, 0.25) is 0 Å². The second-order valence-corrected chi connectivity index (χ2v) is 2.47. The minimum atomic E-state index is 0.0451. The van der Waals surface area contributed by atoms with Crippen molar-refractivity contribution in [2.45, 2.75) is 12.5 Å². The lowest BCUT2D eigenvalue weighted by atomic mass is 9.97. The Kier molecular flexibility index (Phi) is 2.45. The maximum absolute atomic E-state index is 8.73. The first kappa shape index (κ1) is 6.99. The highest BCUT2D eigenvalue weighted by atomic mass is 16.5. The summed E-state index contributed by atoms with van der Waals surface area (Å²) >= 11 is 0. The third kappa shape index (κ3) is 1.64. The van der Waals surface area contributed by atoms with Gasteiger partial charge in [-0.15, -0.1) is 0 Å². The molecule has 2 unspecified atom stereocenters. The molecule has 0 amide bonds. The van der Waals surface area contributed by atoms with Gasteiger partial charge in [-0.05, 0) is 6.42 Å². The first-order valence-corrected chi connectivity index (χ1v) is 3.28. The molecule has 0 bridgehead atoms. The number of hydrogen-bond acceptors (Lipinski definition) is 3. The number of aliphatic hydroxyl groups is 1. The predicted molar refractivity (Wildman–Crippen MR) is 34.0 cm³/mol. The van der Waals surface area contributed by atoms with E-state index >= 15 is 0 Å². The molecule has 3 heteroatoms. The van der Waals surface area contributed by atoms with Crippen molar-refractivity contribution in [3.05, 3.63) is 0 Å². The van der Waals surface area contributed by atoms with Crippen molar-refractivity contribution in [3.8, 4) is 0 Å². The Morgan fingerprint density at radius 3 is 2.89 bits per heavy atom. The van der Waals surface area contributed by atoms with Gasteiger partial charge in [-0.1, -0.05) is 0 Å². The second kappa shape index (κ2) is 3.15. The summed E-state index contributed by atoms with van der Waals surface area (Å²) in [6.45, 7) is 1.55. The summed E-state index contributed by atoms with van der Waals surface area (Å²) < 4.78 is 5.08. The van der Waals surface area contributed by atoms with Gasteiger partial charge in [0, 0.05) is 25.2 Å². The largest absolute Gasteiger partial charge is 0.396 e. The zero-order chi connectivity index (χ0) is 6.69. The summed E-state index contributed by atoms with van der Waals surface area (Å²) in [6.07, 6.45) is 0.900. The molecule has 9 heavy (non-hydrogen) atoms. The molecule has 1 heterocycles. The number of rotatable bonds is 1. The topological polar surface area (TPSA) is 55.5 Å². The van der Waals surface area contributed by atoms with Crippen molar-refractivity contribution >= 4 is 0 Å². The van der Waals surface area contributed by atoms with Crippen molar-refractivity contribution in [2.75, 3.05) is 19.8 Å². The highest BCUT2D eigenvalue weighted by molar-refractivity contribution is 4.74. The lowest BCUT2D eigenvalue weighted by Gasteiger charge is -2.26. The van der Waals surface area contributed by atoms with E-state index in [9.17, 15) is 0 Å². The predicted octanol–water partition coefficient (Wildman–Crippen LogP) is -0.658. The molecule has 1 rings (SSSR count). The molecule has 1 aliphatic rings. The first-order chi connectivity index (χ1) is 4.34. The minimum Gasteiger partial charge on any atom is -0.396 e. The van der Waals surface area contributed by atoms with Gasteiger partial charge in [-0.25, -0.2) is 0 Å². The molecule has 2 atom stereocenters. The van der Waals surface area contributed by atoms with Crippen molar-refractivity contribution in [3.63, 3.8) is 0 Å². The summed E-state index contributed by atoms with van der Waals surface area (Å²) in [4.78, 5) is 0. The Bertz CT molecular complexity index is 87.1. The van der Waals surface area contributed by atoms with Crippen LogP contribution in [0.3, 0.4) is 0 Å². The van der Waals surface area contributed by atoms with Crippen molar-refractivity contribution in [1.29, 1.82) is 0 Å². The Morgan fingerprint density at radius 2 is 2.44 bits per heavy atom. The van der Waals surface area contributed by atoms with E-state index in [1.165, 1.54) is 0 Å². The van der Waals surface area contributed by atoms with Gasteiger partial charge in [0.05, 0.1) is 6.61 Å². The zero-order valence-corrected chi connectivity index (χ0v) is 5.42. The molecular weight excluding hydrogens is 118 g/mol. The maximum Gasteiger partial charge on any atom is 0.0621 e. The van der Waals surface area contributed by atoms with Gasteiger partial charge in [0.25, 0.3) is 0 Å². The van der Waals surface area contributed by atoms with E-state index in [1.54, 1.807) is 0 Å². The van der Waals surface area contributed by atoms with Crippen molar-refractivity contribution in [2.24, 2.45) is 11.7 Å². The minimum absolute atomic E-state index is 0.0451. The lowest BCUT2D eigenvalue weighted by molar-refractivity contribution is 0.0286. The van der Waals surface area contributed by atoms with Crippen LogP contribution in [0, 0.1) is 5.92 Å². The number of aliphatic hydroxyl groups excluding tert-OH is 1. The standard InChI is InChI=1S/C6H13NO2/c7-6-4-9-2-1-5(6)3-8/h5-6,8H,1-4,7H2. The normalized spacial score (nSPS) is 36.7. The molecule has 0 aliphatic carbocycles. The molecule has 1 saturated heterocycles. The molecule has 0 radical (unpaired) electrons. The van der Waals surface area contributed by atoms with Gasteiger partial charge in [-0.2, -0.15) is 0 Å². The van der Waals surface area contributed by atoms with Gasteiger partial charge >= 0.3 is 0 Å². The van der Waals surface area contributed by atoms with E-state index in [-0.39, 0.29) is 18.6 Å². The van der Waals surface area contributed by atoms with E-state index in [4.69, 9.17) is 15.6 Å². The highest BCUT2D eigenvalue weighted by Gasteiger charge is 2.20. The lowest BCUT2D eigenvalue weighted by Crippen LogP contribution is -2.41. The fourth-order valence-electron chi connectivity index (χ4n) is 1.03. The van der Waals surface area contributed by atoms with Crippen LogP contribution < -0.4 is 5.73 Å². The van der Waals surface area contributed by atoms with Crippen LogP contribution in [0.25, 0.3) is 0 Å². The van der Waals surface area contributed by atoms with Gasteiger partial charge < -0.3 is 15.6 Å². The molecule has 0 saturated carbocycles. The second-order valence-electron chi connectivity index (χ2n) is 2.47. The van der Waals surface area contributed by atoms with Crippen molar-refractivity contribution < 1.29 is 9.84 Å². The summed E-state index contributed by atoms with van der Waals surface area (Å²) in [6, 6.07) is 0.0451. The Morgan fingerprint density at radius 1 is 1.67 bits per heavy atom. The van der Waals surface area contributed by atoms with Crippen LogP contribution in [0.15, 0.2) is 0 Å². The molecular formula is C6H13NO2. The van der Waals surface area contributed by atoms with Gasteiger partial charge in [0.2, 0.25) is 0 Å². The summed E-state index contributed by atoms with van der Waals surface area (Å²) in [5.41, 5.74) is 5.60. The summed E-state index contributed by atoms with van der Waals surface area (Å²) in [5.74, 6) is 0.263. The molecule has 1 aliphatic heterocycles. The van der Waals surface area contributed by atoms with Crippen molar-refractivity contribution in [1.82, 2.24) is 0 Å². The molecule has 0 aromatic rings. The SMILES string of the molecule is NC1COCCC1CO. The molecule has 54 valence electrons. The third-order valence-electron chi connectivity index (χ3n) is 1.78. The molecule has 0 aromatic heterocycles. The van der Waals surface area contributed by atoms with Crippen LogP contribution in [-0.4, -0.2) is 31.0 Å². The van der Waals surface area contributed by atoms with E-state index in [0.29, 0.717) is 6.61 Å². The number of nitrogens with two attached hydrogens (primary N) is 1. The molecule has 3 N–H and O–H groups in total.